The summed E-state index contributed by atoms with van der Waals surface area (Å²) >= 11 is 0. The maximum Gasteiger partial charge on any atom is 0.238 e. The van der Waals surface area contributed by atoms with Gasteiger partial charge in [-0.25, -0.2) is 13.4 Å². The molecule has 0 saturated heterocycles. The summed E-state index contributed by atoms with van der Waals surface area (Å²) in [7, 11) is -3.62. The van der Waals surface area contributed by atoms with Gasteiger partial charge < -0.3 is 0 Å². The number of rotatable bonds is 4. The van der Waals surface area contributed by atoms with Crippen molar-refractivity contribution in [3.05, 3.63) is 54.0 Å². The summed E-state index contributed by atoms with van der Waals surface area (Å²) in [6, 6.07) is 8.52. The molecule has 0 bridgehead atoms. The van der Waals surface area contributed by atoms with Crippen molar-refractivity contribution in [2.75, 3.05) is 4.72 Å². The van der Waals surface area contributed by atoms with Crippen LogP contribution in [0, 0.1) is 11.3 Å². The first-order valence-electron chi connectivity index (χ1n) is 5.35. The summed E-state index contributed by atoms with van der Waals surface area (Å²) < 4.78 is 26.2. The van der Waals surface area contributed by atoms with Crippen molar-refractivity contribution in [2.45, 2.75) is 5.75 Å². The van der Waals surface area contributed by atoms with E-state index in [2.05, 4.69) is 14.7 Å². The van der Waals surface area contributed by atoms with Gasteiger partial charge in [-0.15, -0.1) is 0 Å². The van der Waals surface area contributed by atoms with Crippen molar-refractivity contribution < 1.29 is 8.42 Å². The van der Waals surface area contributed by atoms with E-state index in [1.807, 2.05) is 6.07 Å². The molecule has 1 N–H and O–H groups in total. The first-order chi connectivity index (χ1) is 9.11. The number of nitrogens with one attached hydrogen (secondary N) is 1. The predicted octanol–water partition coefficient (Wildman–Crippen LogP) is 1.29. The molecule has 0 aliphatic rings. The molecule has 0 unspecified atom stereocenters. The van der Waals surface area contributed by atoms with Gasteiger partial charge in [0.2, 0.25) is 10.0 Å². The number of anilines is 1. The summed E-state index contributed by atoms with van der Waals surface area (Å²) in [4.78, 5) is 7.60. The fraction of sp³-hybridized carbons (Fsp3) is 0.0833. The fourth-order valence-electron chi connectivity index (χ4n) is 1.51. The van der Waals surface area contributed by atoms with Crippen LogP contribution < -0.4 is 4.72 Å². The van der Waals surface area contributed by atoms with E-state index in [-0.39, 0.29) is 11.6 Å². The van der Waals surface area contributed by atoms with E-state index >= 15 is 0 Å². The largest absolute Gasteiger partial charge is 0.266 e. The van der Waals surface area contributed by atoms with Gasteiger partial charge in [-0.2, -0.15) is 5.26 Å². The lowest BCUT2D eigenvalue weighted by Gasteiger charge is -2.07. The van der Waals surface area contributed by atoms with Crippen LogP contribution in [0.15, 0.2) is 42.9 Å². The van der Waals surface area contributed by atoms with Gasteiger partial charge in [-0.05, 0) is 11.6 Å². The topological polar surface area (TPSA) is 95.7 Å². The molecule has 6 nitrogen and oxygen atoms in total. The lowest BCUT2D eigenvalue weighted by atomic mass is 10.1. The predicted molar refractivity (Wildman–Crippen MR) is 69.4 cm³/mol. The van der Waals surface area contributed by atoms with E-state index in [0.717, 1.165) is 0 Å². The molecule has 1 heterocycles. The second-order valence-corrected chi connectivity index (χ2v) is 5.44. The van der Waals surface area contributed by atoms with Gasteiger partial charge in [0, 0.05) is 12.4 Å². The number of nitrogens with zero attached hydrogens (tertiary/aromatic N) is 3. The summed E-state index contributed by atoms with van der Waals surface area (Å²) in [5.41, 5.74) is 0.786. The van der Waals surface area contributed by atoms with Crippen molar-refractivity contribution in [3.8, 4) is 6.07 Å². The van der Waals surface area contributed by atoms with E-state index in [4.69, 9.17) is 5.26 Å². The minimum absolute atomic E-state index is 0.150. The molecule has 2 rings (SSSR count). The molecule has 0 saturated carbocycles. The highest BCUT2D eigenvalue weighted by molar-refractivity contribution is 7.91. The van der Waals surface area contributed by atoms with Crippen molar-refractivity contribution in [3.63, 3.8) is 0 Å². The van der Waals surface area contributed by atoms with Gasteiger partial charge >= 0.3 is 0 Å². The van der Waals surface area contributed by atoms with Crippen molar-refractivity contribution in [1.82, 2.24) is 9.97 Å². The number of hydrogen-bond acceptors (Lipinski definition) is 5. The smallest absolute Gasteiger partial charge is 0.238 e. The highest BCUT2D eigenvalue weighted by Gasteiger charge is 2.14. The van der Waals surface area contributed by atoms with Gasteiger partial charge in [0.15, 0.2) is 5.82 Å². The van der Waals surface area contributed by atoms with Gasteiger partial charge in [0.05, 0.1) is 23.6 Å². The summed E-state index contributed by atoms with van der Waals surface area (Å²) in [6.07, 6.45) is 4.15. The molecule has 0 amide bonds. The minimum Gasteiger partial charge on any atom is -0.266 e. The summed E-state index contributed by atoms with van der Waals surface area (Å²) in [6.45, 7) is 0. The van der Waals surface area contributed by atoms with Gasteiger partial charge in [-0.3, -0.25) is 9.71 Å². The Bertz CT molecular complexity index is 708. The molecule has 0 radical (unpaired) electrons. The van der Waals surface area contributed by atoms with E-state index in [1.54, 1.807) is 24.3 Å². The van der Waals surface area contributed by atoms with E-state index in [1.165, 1.54) is 18.6 Å². The molecule has 0 aliphatic heterocycles. The Morgan fingerprint density at radius 2 is 2.05 bits per heavy atom. The van der Waals surface area contributed by atoms with Crippen LogP contribution in [0.4, 0.5) is 5.82 Å². The second-order valence-electron chi connectivity index (χ2n) is 3.72. The molecule has 96 valence electrons. The molecule has 1 aromatic heterocycles. The maximum absolute atomic E-state index is 11.9. The monoisotopic (exact) mass is 274 g/mol. The third kappa shape index (κ3) is 3.50. The summed E-state index contributed by atoms with van der Waals surface area (Å²) in [5, 5.41) is 8.92. The third-order valence-electron chi connectivity index (χ3n) is 2.31. The molecule has 0 atom stereocenters. The van der Waals surface area contributed by atoms with Gasteiger partial charge in [0.25, 0.3) is 0 Å². The zero-order valence-electron chi connectivity index (χ0n) is 9.81. The zero-order valence-corrected chi connectivity index (χ0v) is 10.6. The Kier molecular flexibility index (Phi) is 3.73. The Balaban J connectivity index is 2.21. The fourth-order valence-corrected chi connectivity index (χ4v) is 2.66. The van der Waals surface area contributed by atoms with Gasteiger partial charge in [-0.1, -0.05) is 18.2 Å². The van der Waals surface area contributed by atoms with Crippen molar-refractivity contribution >= 4 is 15.8 Å². The molecule has 1 aromatic carbocycles. The van der Waals surface area contributed by atoms with E-state index < -0.39 is 10.0 Å². The number of hydrogen-bond donors (Lipinski definition) is 1. The maximum atomic E-state index is 11.9. The van der Waals surface area contributed by atoms with Crippen LogP contribution in [0.2, 0.25) is 0 Å². The minimum atomic E-state index is -3.62. The highest BCUT2D eigenvalue weighted by atomic mass is 32.2. The molecule has 0 spiro atoms. The van der Waals surface area contributed by atoms with E-state index in [9.17, 15) is 8.42 Å². The van der Waals surface area contributed by atoms with Crippen molar-refractivity contribution in [2.24, 2.45) is 0 Å². The lowest BCUT2D eigenvalue weighted by molar-refractivity contribution is 0.600. The Hall–Kier alpha value is -2.46. The van der Waals surface area contributed by atoms with Crippen LogP contribution in [0.3, 0.4) is 0 Å². The Labute approximate surface area is 110 Å². The third-order valence-corrected chi connectivity index (χ3v) is 3.52. The normalized spacial score (nSPS) is 10.7. The molecule has 19 heavy (non-hydrogen) atoms. The van der Waals surface area contributed by atoms with Crippen molar-refractivity contribution in [1.29, 1.82) is 5.26 Å². The van der Waals surface area contributed by atoms with Crippen LogP contribution in [0.1, 0.15) is 11.1 Å². The SMILES string of the molecule is N#Cc1ccccc1CS(=O)(=O)Nc1cnccn1. The first kappa shape index (κ1) is 13.0. The Morgan fingerprint density at radius 1 is 1.26 bits per heavy atom. The Morgan fingerprint density at radius 3 is 2.74 bits per heavy atom. The second kappa shape index (κ2) is 5.46. The molecule has 0 aliphatic carbocycles. The quantitative estimate of drug-likeness (QED) is 0.906. The first-order valence-corrected chi connectivity index (χ1v) is 7.00. The van der Waals surface area contributed by atoms with Crippen LogP contribution in [0.25, 0.3) is 0 Å². The van der Waals surface area contributed by atoms with E-state index in [0.29, 0.717) is 11.1 Å². The molecule has 2 aromatic rings. The number of aromatic nitrogens is 2. The molecule has 7 heteroatoms. The van der Waals surface area contributed by atoms with Crippen LogP contribution in [-0.2, 0) is 15.8 Å². The molecular weight excluding hydrogens is 264 g/mol. The highest BCUT2D eigenvalue weighted by Crippen LogP contribution is 2.13. The standard InChI is InChI=1S/C12H10N4O2S/c13-7-10-3-1-2-4-11(10)9-19(17,18)16-12-8-14-5-6-15-12/h1-6,8H,9H2,(H,15,16). The summed E-state index contributed by atoms with van der Waals surface area (Å²) in [5.74, 6) is -0.134. The lowest BCUT2D eigenvalue weighted by Crippen LogP contribution is -2.16. The van der Waals surface area contributed by atoms with Crippen LogP contribution in [0.5, 0.6) is 0 Å². The average Bonchev–Trinajstić information content (AvgIpc) is 2.39. The average molecular weight is 274 g/mol. The number of benzene rings is 1. The zero-order chi connectivity index (χ0) is 13.7. The number of nitriles is 1. The van der Waals surface area contributed by atoms with Crippen LogP contribution >= 0.6 is 0 Å². The molecular formula is C12H10N4O2S. The van der Waals surface area contributed by atoms with Crippen LogP contribution in [-0.4, -0.2) is 18.4 Å². The molecule has 0 fully saturated rings. The van der Waals surface area contributed by atoms with Gasteiger partial charge in [0.1, 0.15) is 0 Å². The number of sulfonamides is 1.